The molecule has 0 bridgehead atoms. The van der Waals surface area contributed by atoms with Crippen LogP contribution in [-0.4, -0.2) is 9.97 Å². The van der Waals surface area contributed by atoms with E-state index in [0.29, 0.717) is 24.7 Å². The zero-order valence-electron chi connectivity index (χ0n) is 22.1. The molecule has 0 saturated heterocycles. The molecule has 1 heterocycles. The first-order valence-corrected chi connectivity index (χ1v) is 14.8. The summed E-state index contributed by atoms with van der Waals surface area (Å²) in [5, 5.41) is 0. The Morgan fingerprint density at radius 1 is 0.537 bits per heavy atom. The first kappa shape index (κ1) is 27.1. The summed E-state index contributed by atoms with van der Waals surface area (Å²) in [5.41, 5.74) is 6.99. The van der Waals surface area contributed by atoms with E-state index >= 15 is 0 Å². The third-order valence-electron chi connectivity index (χ3n) is 6.65. The number of nitrogens with one attached hydrogen (secondary N) is 1. The Balaban J connectivity index is 1.38. The Labute approximate surface area is 256 Å². The summed E-state index contributed by atoms with van der Waals surface area (Å²) in [7, 11) is 0. The number of ether oxygens (including phenoxy) is 2. The van der Waals surface area contributed by atoms with Gasteiger partial charge in [0.05, 0.1) is 11.4 Å². The second-order valence-electron chi connectivity index (χ2n) is 9.53. The van der Waals surface area contributed by atoms with Gasteiger partial charge in [0.25, 0.3) is 0 Å². The number of H-pyrrole nitrogens is 1. The van der Waals surface area contributed by atoms with Crippen LogP contribution in [0.2, 0.25) is 0 Å². The fraction of sp³-hybridized carbons (Fsp3) is 0.0571. The minimum Gasteiger partial charge on any atom is -0.485 e. The second-order valence-corrected chi connectivity index (χ2v) is 11.4. The number of hydrogen-bond acceptors (Lipinski definition) is 3. The number of nitrogens with zero attached hydrogens (tertiary/aromatic N) is 1. The van der Waals surface area contributed by atoms with Crippen LogP contribution < -0.4 is 9.47 Å². The van der Waals surface area contributed by atoms with Gasteiger partial charge >= 0.3 is 0 Å². The number of hydrogen-bond donors (Lipinski definition) is 1. The third-order valence-corrected chi connectivity index (χ3v) is 7.70. The summed E-state index contributed by atoms with van der Waals surface area (Å²) in [5.74, 6) is 2.09. The molecule has 6 aromatic rings. The SMILES string of the molecule is Brc1ccc(-c2nc(-c3ccc(OCc4ccccc4)c(OCc4ccccc4)c3)[nH]c2-c2ccc(Br)cc2)cc1. The number of benzene rings is 5. The summed E-state index contributed by atoms with van der Waals surface area (Å²) in [6, 6.07) is 42.7. The van der Waals surface area contributed by atoms with Gasteiger partial charge in [-0.15, -0.1) is 0 Å². The van der Waals surface area contributed by atoms with Crippen molar-refractivity contribution < 1.29 is 9.47 Å². The monoisotopic (exact) mass is 664 g/mol. The minimum absolute atomic E-state index is 0.429. The number of rotatable bonds is 9. The van der Waals surface area contributed by atoms with Crippen molar-refractivity contribution in [3.8, 4) is 45.4 Å². The van der Waals surface area contributed by atoms with Crippen molar-refractivity contribution >= 4 is 31.9 Å². The van der Waals surface area contributed by atoms with Gasteiger partial charge in [0.1, 0.15) is 19.0 Å². The Morgan fingerprint density at radius 2 is 1.05 bits per heavy atom. The van der Waals surface area contributed by atoms with Gasteiger partial charge in [-0.3, -0.25) is 0 Å². The molecule has 1 N–H and O–H groups in total. The Bertz CT molecular complexity index is 1670. The summed E-state index contributed by atoms with van der Waals surface area (Å²) < 4.78 is 14.6. The molecule has 0 fully saturated rings. The highest BCUT2D eigenvalue weighted by atomic mass is 79.9. The van der Waals surface area contributed by atoms with E-state index in [1.165, 1.54) is 0 Å². The smallest absolute Gasteiger partial charge is 0.162 e. The van der Waals surface area contributed by atoms with Crippen LogP contribution in [0.15, 0.2) is 136 Å². The molecule has 0 atom stereocenters. The molecule has 0 spiro atoms. The summed E-state index contributed by atoms with van der Waals surface area (Å²) in [6.07, 6.45) is 0. The molecule has 0 aliphatic rings. The largest absolute Gasteiger partial charge is 0.485 e. The molecular weight excluding hydrogens is 640 g/mol. The highest BCUT2D eigenvalue weighted by Gasteiger charge is 2.17. The Hall–Kier alpha value is -4.13. The highest BCUT2D eigenvalue weighted by Crippen LogP contribution is 2.37. The van der Waals surface area contributed by atoms with E-state index in [1.807, 2.05) is 78.9 Å². The van der Waals surface area contributed by atoms with Crippen molar-refractivity contribution in [3.63, 3.8) is 0 Å². The Morgan fingerprint density at radius 3 is 1.63 bits per heavy atom. The van der Waals surface area contributed by atoms with Gasteiger partial charge in [0.15, 0.2) is 11.5 Å². The molecule has 41 heavy (non-hydrogen) atoms. The molecule has 202 valence electrons. The predicted molar refractivity (Wildman–Crippen MR) is 172 cm³/mol. The van der Waals surface area contributed by atoms with Crippen molar-refractivity contribution in [3.05, 3.63) is 147 Å². The lowest BCUT2D eigenvalue weighted by molar-refractivity contribution is 0.256. The predicted octanol–water partition coefficient (Wildman–Crippen LogP) is 10.1. The van der Waals surface area contributed by atoms with Crippen molar-refractivity contribution in [2.24, 2.45) is 0 Å². The lowest BCUT2D eigenvalue weighted by atomic mass is 10.1. The van der Waals surface area contributed by atoms with E-state index in [2.05, 4.69) is 85.4 Å². The van der Waals surface area contributed by atoms with Crippen molar-refractivity contribution in [2.75, 3.05) is 0 Å². The van der Waals surface area contributed by atoms with E-state index in [4.69, 9.17) is 14.5 Å². The van der Waals surface area contributed by atoms with E-state index in [-0.39, 0.29) is 0 Å². The lowest BCUT2D eigenvalue weighted by Crippen LogP contribution is -2.01. The van der Waals surface area contributed by atoms with Crippen LogP contribution in [0.5, 0.6) is 11.5 Å². The van der Waals surface area contributed by atoms with Crippen LogP contribution in [0.1, 0.15) is 11.1 Å². The second kappa shape index (κ2) is 12.6. The van der Waals surface area contributed by atoms with E-state index in [9.17, 15) is 0 Å². The van der Waals surface area contributed by atoms with Crippen LogP contribution in [0, 0.1) is 0 Å². The fourth-order valence-corrected chi connectivity index (χ4v) is 5.04. The molecule has 0 aliphatic carbocycles. The molecular formula is C35H26Br2N2O2. The van der Waals surface area contributed by atoms with Gasteiger partial charge in [-0.1, -0.05) is 117 Å². The first-order valence-electron chi connectivity index (χ1n) is 13.2. The molecule has 0 amide bonds. The molecule has 6 heteroatoms. The van der Waals surface area contributed by atoms with E-state index in [1.54, 1.807) is 0 Å². The molecule has 0 radical (unpaired) electrons. The number of aromatic amines is 1. The molecule has 1 aromatic heterocycles. The van der Waals surface area contributed by atoms with Gasteiger partial charge in [-0.2, -0.15) is 0 Å². The van der Waals surface area contributed by atoms with Crippen LogP contribution in [0.25, 0.3) is 33.9 Å². The van der Waals surface area contributed by atoms with Crippen LogP contribution in [0.4, 0.5) is 0 Å². The normalized spacial score (nSPS) is 10.9. The molecule has 6 rings (SSSR count). The van der Waals surface area contributed by atoms with E-state index < -0.39 is 0 Å². The number of halogens is 2. The summed E-state index contributed by atoms with van der Waals surface area (Å²) in [4.78, 5) is 8.67. The van der Waals surface area contributed by atoms with Crippen LogP contribution in [0.3, 0.4) is 0 Å². The lowest BCUT2D eigenvalue weighted by Gasteiger charge is -2.14. The van der Waals surface area contributed by atoms with Gasteiger partial charge in [-0.05, 0) is 53.6 Å². The average molecular weight is 666 g/mol. The van der Waals surface area contributed by atoms with Crippen molar-refractivity contribution in [2.45, 2.75) is 13.2 Å². The first-order chi connectivity index (χ1) is 20.1. The third kappa shape index (κ3) is 6.62. The maximum atomic E-state index is 6.33. The number of aromatic nitrogens is 2. The molecule has 0 saturated carbocycles. The molecule has 0 aliphatic heterocycles. The standard InChI is InChI=1S/C35H26Br2N2O2/c36-29-16-11-26(12-17-29)33-34(27-13-18-30(37)19-14-27)39-35(38-33)28-15-20-31(40-22-24-7-3-1-4-8-24)32(21-28)41-23-25-9-5-2-6-10-25/h1-21H,22-23H2,(H,38,39). The van der Waals surface area contributed by atoms with Crippen LogP contribution in [-0.2, 0) is 13.2 Å². The maximum absolute atomic E-state index is 6.33. The summed E-state index contributed by atoms with van der Waals surface area (Å²) in [6.45, 7) is 0.877. The van der Waals surface area contributed by atoms with Crippen LogP contribution >= 0.6 is 31.9 Å². The van der Waals surface area contributed by atoms with Gasteiger partial charge in [0.2, 0.25) is 0 Å². The maximum Gasteiger partial charge on any atom is 0.162 e. The van der Waals surface area contributed by atoms with Gasteiger partial charge < -0.3 is 14.5 Å². The quantitative estimate of drug-likeness (QED) is 0.167. The Kier molecular flexibility index (Phi) is 8.31. The topological polar surface area (TPSA) is 47.1 Å². The molecule has 4 nitrogen and oxygen atoms in total. The zero-order valence-corrected chi connectivity index (χ0v) is 25.2. The average Bonchev–Trinajstić information content (AvgIpc) is 3.46. The zero-order chi connectivity index (χ0) is 28.0. The van der Waals surface area contributed by atoms with Crippen molar-refractivity contribution in [1.82, 2.24) is 9.97 Å². The van der Waals surface area contributed by atoms with Gasteiger partial charge in [0, 0.05) is 25.6 Å². The molecule has 5 aromatic carbocycles. The summed E-state index contributed by atoms with van der Waals surface area (Å²) >= 11 is 7.09. The number of imidazole rings is 1. The van der Waals surface area contributed by atoms with Gasteiger partial charge in [-0.25, -0.2) is 4.98 Å². The highest BCUT2D eigenvalue weighted by molar-refractivity contribution is 9.10. The molecule has 0 unspecified atom stereocenters. The van der Waals surface area contributed by atoms with E-state index in [0.717, 1.165) is 54.0 Å². The fourth-order valence-electron chi connectivity index (χ4n) is 4.51. The van der Waals surface area contributed by atoms with Crippen molar-refractivity contribution in [1.29, 1.82) is 0 Å². The minimum atomic E-state index is 0.429.